The zero-order chi connectivity index (χ0) is 19.8. The highest BCUT2D eigenvalue weighted by Gasteiger charge is 2.18. The van der Waals surface area contributed by atoms with Crippen molar-refractivity contribution in [1.29, 1.82) is 0 Å². The fourth-order valence-electron chi connectivity index (χ4n) is 2.94. The van der Waals surface area contributed by atoms with Crippen molar-refractivity contribution in [3.05, 3.63) is 48.0 Å². The van der Waals surface area contributed by atoms with E-state index in [9.17, 15) is 0 Å². The van der Waals surface area contributed by atoms with Gasteiger partial charge in [0.15, 0.2) is 6.79 Å². The maximum absolute atomic E-state index is 5.97. The van der Waals surface area contributed by atoms with E-state index >= 15 is 0 Å². The highest BCUT2D eigenvalue weighted by atomic mass is 32.2. The smallest absolute Gasteiger partial charge is 0.188 e. The lowest BCUT2D eigenvalue weighted by molar-refractivity contribution is 0.0486. The van der Waals surface area contributed by atoms with Crippen molar-refractivity contribution in [3.8, 4) is 11.5 Å². The molecule has 3 rings (SSSR count). The number of nitrogens with one attached hydrogen (secondary N) is 1. The van der Waals surface area contributed by atoms with Crippen molar-refractivity contribution in [2.75, 3.05) is 38.6 Å². The number of hydrogen-bond donors (Lipinski definition) is 1. The molecule has 2 aromatic carbocycles. The quantitative estimate of drug-likeness (QED) is 0.463. The van der Waals surface area contributed by atoms with Crippen molar-refractivity contribution in [1.82, 2.24) is 5.32 Å². The van der Waals surface area contributed by atoms with Crippen LogP contribution in [0.25, 0.3) is 0 Å². The lowest BCUT2D eigenvalue weighted by Gasteiger charge is -2.19. The predicted octanol–water partition coefficient (Wildman–Crippen LogP) is 4.85. The fourth-order valence-corrected chi connectivity index (χ4v) is 5.08. The highest BCUT2D eigenvalue weighted by molar-refractivity contribution is 7.99. The molecule has 28 heavy (non-hydrogen) atoms. The van der Waals surface area contributed by atoms with Crippen LogP contribution in [0, 0.1) is 12.8 Å². The normalized spacial score (nSPS) is 17.3. The summed E-state index contributed by atoms with van der Waals surface area (Å²) in [5, 5.41) is 3.68. The Morgan fingerprint density at radius 1 is 1.25 bits per heavy atom. The van der Waals surface area contributed by atoms with E-state index in [1.54, 1.807) is 7.11 Å². The van der Waals surface area contributed by atoms with Crippen LogP contribution >= 0.6 is 23.5 Å². The van der Waals surface area contributed by atoms with Crippen LogP contribution in [0.15, 0.2) is 52.3 Å². The number of para-hydroxylation sites is 2. The zero-order valence-corrected chi connectivity index (χ0v) is 18.4. The van der Waals surface area contributed by atoms with Crippen molar-refractivity contribution < 1.29 is 14.2 Å². The summed E-state index contributed by atoms with van der Waals surface area (Å²) in [6.07, 6.45) is 0. The number of rotatable bonds is 9. The molecule has 1 aliphatic heterocycles. The van der Waals surface area contributed by atoms with Crippen molar-refractivity contribution in [2.45, 2.75) is 29.7 Å². The molecule has 0 bridgehead atoms. The molecule has 6 heteroatoms. The number of benzene rings is 2. The molecule has 0 aromatic heterocycles. The third-order valence-electron chi connectivity index (χ3n) is 4.50. The molecule has 0 saturated carbocycles. The minimum atomic E-state index is 0.275. The van der Waals surface area contributed by atoms with Crippen LogP contribution in [0.5, 0.6) is 11.5 Å². The summed E-state index contributed by atoms with van der Waals surface area (Å²) in [5.41, 5.74) is 1.14. The maximum atomic E-state index is 5.97. The first-order valence-corrected chi connectivity index (χ1v) is 11.6. The molecule has 0 fully saturated rings. The molecular formula is C22H29NO3S2. The van der Waals surface area contributed by atoms with Gasteiger partial charge in [0, 0.05) is 28.4 Å². The molecule has 1 unspecified atom stereocenters. The molecular weight excluding hydrogens is 390 g/mol. The van der Waals surface area contributed by atoms with Gasteiger partial charge < -0.3 is 19.5 Å². The van der Waals surface area contributed by atoms with E-state index in [0.717, 1.165) is 41.7 Å². The molecule has 1 N–H and O–H groups in total. The van der Waals surface area contributed by atoms with Crippen LogP contribution in [0.3, 0.4) is 0 Å². The molecule has 0 saturated heterocycles. The Hall–Kier alpha value is -1.34. The SMILES string of the molecule is COCOc1c(C)cccc1SC[C@H](C)CNC1COc2ccccc2SC1. The molecule has 2 aromatic rings. The first kappa shape index (κ1) is 21.4. The lowest BCUT2D eigenvalue weighted by atomic mass is 10.2. The average molecular weight is 420 g/mol. The van der Waals surface area contributed by atoms with E-state index in [2.05, 4.69) is 55.6 Å². The summed E-state index contributed by atoms with van der Waals surface area (Å²) in [6, 6.07) is 14.9. The van der Waals surface area contributed by atoms with E-state index in [4.69, 9.17) is 14.2 Å². The molecule has 0 amide bonds. The topological polar surface area (TPSA) is 39.7 Å². The Labute approximate surface area is 176 Å². The first-order valence-electron chi connectivity index (χ1n) is 9.59. The first-order chi connectivity index (χ1) is 13.7. The molecule has 1 aliphatic rings. The number of ether oxygens (including phenoxy) is 3. The van der Waals surface area contributed by atoms with Gasteiger partial charge in [0.05, 0.1) is 6.04 Å². The predicted molar refractivity (Wildman–Crippen MR) is 118 cm³/mol. The molecule has 2 atom stereocenters. The Bertz CT molecular complexity index is 729. The van der Waals surface area contributed by atoms with E-state index in [0.29, 0.717) is 12.0 Å². The molecule has 0 radical (unpaired) electrons. The number of hydrogen-bond acceptors (Lipinski definition) is 6. The van der Waals surface area contributed by atoms with Crippen molar-refractivity contribution in [2.24, 2.45) is 5.92 Å². The zero-order valence-electron chi connectivity index (χ0n) is 16.8. The van der Waals surface area contributed by atoms with Gasteiger partial charge in [-0.3, -0.25) is 0 Å². The Morgan fingerprint density at radius 2 is 2.11 bits per heavy atom. The van der Waals surface area contributed by atoms with Crippen LogP contribution in [0.1, 0.15) is 12.5 Å². The largest absolute Gasteiger partial charge is 0.491 e. The summed E-state index contributed by atoms with van der Waals surface area (Å²) in [5.74, 6) is 4.53. The highest BCUT2D eigenvalue weighted by Crippen LogP contribution is 2.34. The van der Waals surface area contributed by atoms with Gasteiger partial charge in [0.1, 0.15) is 18.1 Å². The van der Waals surface area contributed by atoms with Gasteiger partial charge in [-0.1, -0.05) is 31.2 Å². The standard InChI is InChI=1S/C22H29NO3S2/c1-16(13-27-21-10-6-7-17(2)22(21)26-15-24-3)11-23-18-12-25-19-8-4-5-9-20(19)28-14-18/h4-10,16,18,23H,11-15H2,1-3H3/t16-,18?/m1/s1. The van der Waals surface area contributed by atoms with Crippen LogP contribution in [0.4, 0.5) is 0 Å². The second-order valence-electron chi connectivity index (χ2n) is 7.04. The van der Waals surface area contributed by atoms with E-state index < -0.39 is 0 Å². The van der Waals surface area contributed by atoms with Gasteiger partial charge in [-0.05, 0) is 43.1 Å². The molecule has 0 spiro atoms. The summed E-state index contributed by atoms with van der Waals surface area (Å²) in [7, 11) is 1.65. The van der Waals surface area contributed by atoms with Gasteiger partial charge in [-0.25, -0.2) is 0 Å². The molecule has 0 aliphatic carbocycles. The lowest BCUT2D eigenvalue weighted by Crippen LogP contribution is -2.39. The minimum absolute atomic E-state index is 0.275. The summed E-state index contributed by atoms with van der Waals surface area (Å²) < 4.78 is 16.8. The Morgan fingerprint density at radius 3 is 2.96 bits per heavy atom. The number of fused-ring (bicyclic) bond motifs is 1. The minimum Gasteiger partial charge on any atom is -0.491 e. The van der Waals surface area contributed by atoms with Gasteiger partial charge in [0.25, 0.3) is 0 Å². The van der Waals surface area contributed by atoms with Gasteiger partial charge in [-0.2, -0.15) is 0 Å². The Balaban J connectivity index is 1.45. The third kappa shape index (κ3) is 6.08. The monoisotopic (exact) mass is 419 g/mol. The molecule has 4 nitrogen and oxygen atoms in total. The third-order valence-corrected chi connectivity index (χ3v) is 7.09. The van der Waals surface area contributed by atoms with Crippen LogP contribution in [-0.4, -0.2) is 44.6 Å². The van der Waals surface area contributed by atoms with E-state index in [-0.39, 0.29) is 6.79 Å². The Kier molecular flexibility index (Phi) is 8.40. The average Bonchev–Trinajstić information content (AvgIpc) is 2.92. The summed E-state index contributed by atoms with van der Waals surface area (Å²) >= 11 is 3.71. The second kappa shape index (κ2) is 11.0. The molecule has 1 heterocycles. The van der Waals surface area contributed by atoms with Crippen LogP contribution in [0.2, 0.25) is 0 Å². The van der Waals surface area contributed by atoms with Gasteiger partial charge >= 0.3 is 0 Å². The number of thioether (sulfide) groups is 2. The second-order valence-corrected chi connectivity index (χ2v) is 9.17. The summed E-state index contributed by atoms with van der Waals surface area (Å²) in [4.78, 5) is 2.41. The van der Waals surface area contributed by atoms with Gasteiger partial charge in [0.2, 0.25) is 0 Å². The van der Waals surface area contributed by atoms with Crippen LogP contribution < -0.4 is 14.8 Å². The van der Waals surface area contributed by atoms with E-state index in [1.165, 1.54) is 9.79 Å². The van der Waals surface area contributed by atoms with Gasteiger partial charge in [-0.15, -0.1) is 23.5 Å². The number of methoxy groups -OCH3 is 1. The number of aryl methyl sites for hydroxylation is 1. The fraction of sp³-hybridized carbons (Fsp3) is 0.455. The molecule has 152 valence electrons. The summed E-state index contributed by atoms with van der Waals surface area (Å²) in [6.45, 7) is 6.32. The van der Waals surface area contributed by atoms with Crippen molar-refractivity contribution >= 4 is 23.5 Å². The maximum Gasteiger partial charge on any atom is 0.188 e. The van der Waals surface area contributed by atoms with E-state index in [1.807, 2.05) is 29.6 Å². The van der Waals surface area contributed by atoms with Crippen molar-refractivity contribution in [3.63, 3.8) is 0 Å². The van der Waals surface area contributed by atoms with Crippen LogP contribution in [-0.2, 0) is 4.74 Å².